The Hall–Kier alpha value is -2.11. The summed E-state index contributed by atoms with van der Waals surface area (Å²) >= 11 is 7.43. The minimum Gasteiger partial charge on any atom is -0.481 e. The number of amides is 1. The number of nitrogens with one attached hydrogen (secondary N) is 1. The first-order valence-electron chi connectivity index (χ1n) is 7.11. The molecule has 0 saturated heterocycles. The Morgan fingerprint density at radius 1 is 1.26 bits per heavy atom. The monoisotopic (exact) mass is 346 g/mol. The molecule has 1 amide bonds. The third kappa shape index (κ3) is 3.81. The molecule has 0 radical (unpaired) electrons. The molecule has 0 aliphatic rings. The lowest BCUT2D eigenvalue weighted by atomic mass is 10.2. The summed E-state index contributed by atoms with van der Waals surface area (Å²) in [6, 6.07) is 12.6. The molecule has 1 aromatic heterocycles. The van der Waals surface area contributed by atoms with Crippen molar-refractivity contribution in [3.8, 4) is 5.75 Å². The van der Waals surface area contributed by atoms with E-state index in [0.717, 1.165) is 20.9 Å². The largest absolute Gasteiger partial charge is 0.481 e. The summed E-state index contributed by atoms with van der Waals surface area (Å²) in [6.45, 7) is 3.67. The van der Waals surface area contributed by atoms with Crippen LogP contribution in [-0.4, -0.2) is 17.0 Å². The number of rotatable bonds is 4. The molecule has 0 spiro atoms. The highest BCUT2D eigenvalue weighted by atomic mass is 35.5. The number of fused-ring (bicyclic) bond motifs is 1. The zero-order valence-electron chi connectivity index (χ0n) is 12.7. The highest BCUT2D eigenvalue weighted by Gasteiger charge is 2.15. The second-order valence-corrected chi connectivity index (χ2v) is 6.79. The maximum absolute atomic E-state index is 12.3. The third-order valence-corrected chi connectivity index (χ3v) is 4.44. The molecule has 0 saturated carbocycles. The van der Waals surface area contributed by atoms with E-state index in [-0.39, 0.29) is 5.91 Å². The third-order valence-electron chi connectivity index (χ3n) is 3.26. The number of hydrogen-bond acceptors (Lipinski definition) is 4. The maximum atomic E-state index is 12.3. The van der Waals surface area contributed by atoms with Gasteiger partial charge >= 0.3 is 0 Å². The SMILES string of the molecule is Cc1nc2ccc(NC(=O)C(C)Oc3ccc(Cl)cc3)cc2s1. The normalized spacial score (nSPS) is 12.1. The van der Waals surface area contributed by atoms with Gasteiger partial charge in [-0.25, -0.2) is 4.98 Å². The molecule has 3 rings (SSSR count). The Bertz CT molecular complexity index is 845. The Labute approximate surface area is 143 Å². The average Bonchev–Trinajstić information content (AvgIpc) is 2.88. The summed E-state index contributed by atoms with van der Waals surface area (Å²) in [5.41, 5.74) is 1.67. The van der Waals surface area contributed by atoms with Crippen LogP contribution in [0.1, 0.15) is 11.9 Å². The lowest BCUT2D eigenvalue weighted by Gasteiger charge is -2.14. The molecule has 118 valence electrons. The summed E-state index contributed by atoms with van der Waals surface area (Å²) in [6.07, 6.45) is -0.616. The molecule has 1 N–H and O–H groups in total. The van der Waals surface area contributed by atoms with E-state index in [1.165, 1.54) is 0 Å². The smallest absolute Gasteiger partial charge is 0.265 e. The van der Waals surface area contributed by atoms with Crippen molar-refractivity contribution in [2.75, 3.05) is 5.32 Å². The van der Waals surface area contributed by atoms with E-state index in [4.69, 9.17) is 16.3 Å². The molecular formula is C17H15ClN2O2S. The standard InChI is InChI=1S/C17H15ClN2O2S/c1-10(22-14-6-3-12(18)4-7-14)17(21)20-13-5-8-15-16(9-13)23-11(2)19-15/h3-10H,1-2H3,(H,20,21). The Morgan fingerprint density at radius 2 is 2.00 bits per heavy atom. The molecule has 0 fully saturated rings. The fourth-order valence-electron chi connectivity index (χ4n) is 2.13. The lowest BCUT2D eigenvalue weighted by molar-refractivity contribution is -0.122. The first kappa shape index (κ1) is 15.8. The minimum absolute atomic E-state index is 0.208. The number of aromatic nitrogens is 1. The van der Waals surface area contributed by atoms with Crippen molar-refractivity contribution in [1.29, 1.82) is 0 Å². The average molecular weight is 347 g/mol. The van der Waals surface area contributed by atoms with Crippen molar-refractivity contribution in [2.24, 2.45) is 0 Å². The second-order valence-electron chi connectivity index (χ2n) is 5.12. The Balaban J connectivity index is 1.67. The van der Waals surface area contributed by atoms with Gasteiger partial charge in [0, 0.05) is 10.7 Å². The second kappa shape index (κ2) is 6.56. The number of carbonyl (C=O) groups excluding carboxylic acids is 1. The van der Waals surface area contributed by atoms with Gasteiger partial charge in [0.15, 0.2) is 6.10 Å². The van der Waals surface area contributed by atoms with Crippen molar-refractivity contribution in [1.82, 2.24) is 4.98 Å². The molecule has 1 unspecified atom stereocenters. The fraction of sp³-hybridized carbons (Fsp3) is 0.176. The van der Waals surface area contributed by atoms with E-state index in [2.05, 4.69) is 10.3 Å². The summed E-state index contributed by atoms with van der Waals surface area (Å²) in [4.78, 5) is 16.7. The van der Waals surface area contributed by atoms with Gasteiger partial charge in [-0.1, -0.05) is 11.6 Å². The summed E-state index contributed by atoms with van der Waals surface area (Å²) in [7, 11) is 0. The number of anilines is 1. The van der Waals surface area contributed by atoms with Gasteiger partial charge in [-0.2, -0.15) is 0 Å². The van der Waals surface area contributed by atoms with E-state index in [1.54, 1.807) is 42.5 Å². The Kier molecular flexibility index (Phi) is 4.50. The van der Waals surface area contributed by atoms with Crippen LogP contribution in [0.3, 0.4) is 0 Å². The highest BCUT2D eigenvalue weighted by molar-refractivity contribution is 7.18. The Morgan fingerprint density at radius 3 is 2.74 bits per heavy atom. The van der Waals surface area contributed by atoms with Crippen molar-refractivity contribution >= 4 is 44.7 Å². The molecule has 23 heavy (non-hydrogen) atoms. The number of thiazole rings is 1. The fourth-order valence-corrected chi connectivity index (χ4v) is 3.12. The summed E-state index contributed by atoms with van der Waals surface area (Å²) < 4.78 is 6.66. The van der Waals surface area contributed by atoms with Crippen LogP contribution in [0.2, 0.25) is 5.02 Å². The van der Waals surface area contributed by atoms with Crippen LogP contribution < -0.4 is 10.1 Å². The molecule has 0 aliphatic carbocycles. The van der Waals surface area contributed by atoms with Crippen molar-refractivity contribution in [2.45, 2.75) is 20.0 Å². The number of ether oxygens (including phenoxy) is 1. The lowest BCUT2D eigenvalue weighted by Crippen LogP contribution is -2.30. The van der Waals surface area contributed by atoms with Gasteiger partial charge in [0.05, 0.1) is 15.2 Å². The van der Waals surface area contributed by atoms with Crippen LogP contribution in [0.15, 0.2) is 42.5 Å². The molecular weight excluding hydrogens is 332 g/mol. The van der Waals surface area contributed by atoms with E-state index < -0.39 is 6.10 Å². The molecule has 1 heterocycles. The highest BCUT2D eigenvalue weighted by Crippen LogP contribution is 2.25. The summed E-state index contributed by atoms with van der Waals surface area (Å²) in [5, 5.41) is 4.49. The van der Waals surface area contributed by atoms with E-state index >= 15 is 0 Å². The van der Waals surface area contributed by atoms with Gasteiger partial charge in [-0.3, -0.25) is 4.79 Å². The van der Waals surface area contributed by atoms with Crippen LogP contribution in [-0.2, 0) is 4.79 Å². The summed E-state index contributed by atoms with van der Waals surface area (Å²) in [5.74, 6) is 0.395. The maximum Gasteiger partial charge on any atom is 0.265 e. The minimum atomic E-state index is -0.616. The predicted molar refractivity (Wildman–Crippen MR) is 94.5 cm³/mol. The number of carbonyl (C=O) groups is 1. The van der Waals surface area contributed by atoms with Gasteiger partial charge in [0.2, 0.25) is 0 Å². The molecule has 2 aromatic carbocycles. The number of hydrogen-bond donors (Lipinski definition) is 1. The van der Waals surface area contributed by atoms with Gasteiger partial charge in [0.1, 0.15) is 5.75 Å². The number of aryl methyl sites for hydroxylation is 1. The molecule has 0 aliphatic heterocycles. The zero-order valence-corrected chi connectivity index (χ0v) is 14.2. The van der Waals surface area contributed by atoms with Gasteiger partial charge in [-0.15, -0.1) is 11.3 Å². The van der Waals surface area contributed by atoms with Crippen molar-refractivity contribution in [3.05, 3.63) is 52.5 Å². The molecule has 4 nitrogen and oxygen atoms in total. The van der Waals surface area contributed by atoms with Crippen molar-refractivity contribution in [3.63, 3.8) is 0 Å². The van der Waals surface area contributed by atoms with Crippen LogP contribution in [0.25, 0.3) is 10.2 Å². The van der Waals surface area contributed by atoms with Gasteiger partial charge in [0.25, 0.3) is 5.91 Å². The van der Waals surface area contributed by atoms with Crippen LogP contribution in [0, 0.1) is 6.92 Å². The topological polar surface area (TPSA) is 51.2 Å². The molecule has 1 atom stereocenters. The van der Waals surface area contributed by atoms with Gasteiger partial charge in [-0.05, 0) is 56.3 Å². The quantitative estimate of drug-likeness (QED) is 0.747. The van der Waals surface area contributed by atoms with E-state index in [0.29, 0.717) is 10.8 Å². The molecule has 0 bridgehead atoms. The first-order valence-corrected chi connectivity index (χ1v) is 8.31. The molecule has 6 heteroatoms. The van der Waals surface area contributed by atoms with Crippen molar-refractivity contribution < 1.29 is 9.53 Å². The predicted octanol–water partition coefficient (Wildman–Crippen LogP) is 4.66. The van der Waals surface area contributed by atoms with Crippen LogP contribution in [0.5, 0.6) is 5.75 Å². The first-order chi connectivity index (χ1) is 11.0. The van der Waals surface area contributed by atoms with Gasteiger partial charge < -0.3 is 10.1 Å². The van der Waals surface area contributed by atoms with E-state index in [1.807, 2.05) is 25.1 Å². The number of halogens is 1. The number of nitrogens with zero attached hydrogens (tertiary/aromatic N) is 1. The number of benzene rings is 2. The van der Waals surface area contributed by atoms with Crippen LogP contribution in [0.4, 0.5) is 5.69 Å². The zero-order chi connectivity index (χ0) is 16.4. The van der Waals surface area contributed by atoms with Crippen LogP contribution >= 0.6 is 22.9 Å². The molecule has 3 aromatic rings. The van der Waals surface area contributed by atoms with E-state index in [9.17, 15) is 4.79 Å².